The third-order valence-corrected chi connectivity index (χ3v) is 9.92. The van der Waals surface area contributed by atoms with Gasteiger partial charge in [0.1, 0.15) is 6.10 Å². The second-order valence-electron chi connectivity index (χ2n) is 12.0. The van der Waals surface area contributed by atoms with Crippen LogP contribution in [0.25, 0.3) is 0 Å². The number of hydrogen-bond donors (Lipinski definition) is 3. The Bertz CT molecular complexity index is 1280. The molecule has 2 fully saturated rings. The largest absolute Gasteiger partial charge is 0.454 e. The van der Waals surface area contributed by atoms with Crippen molar-refractivity contribution in [3.63, 3.8) is 0 Å². The highest BCUT2D eigenvalue weighted by Gasteiger charge is 2.87. The van der Waals surface area contributed by atoms with Crippen LogP contribution in [0.4, 0.5) is 5.69 Å². The van der Waals surface area contributed by atoms with E-state index in [1.54, 1.807) is 58.2 Å². The lowest BCUT2D eigenvalue weighted by Gasteiger charge is -2.52. The van der Waals surface area contributed by atoms with Gasteiger partial charge >= 0.3 is 11.9 Å². The number of para-hydroxylation sites is 1. The molecular weight excluding hydrogens is 486 g/mol. The Kier molecular flexibility index (Phi) is 5.97. The van der Waals surface area contributed by atoms with Crippen molar-refractivity contribution in [3.05, 3.63) is 53.1 Å². The molecule has 0 radical (unpaired) electrons. The molecule has 8 nitrogen and oxygen atoms in total. The number of allylic oxidation sites excluding steroid dienone is 1. The number of aliphatic hydroxyl groups excluding tert-OH is 1. The van der Waals surface area contributed by atoms with Gasteiger partial charge in [0.2, 0.25) is 0 Å². The molecule has 5 rings (SSSR count). The van der Waals surface area contributed by atoms with Gasteiger partial charge in [0, 0.05) is 48.7 Å². The molecule has 4 aliphatic carbocycles. The second-order valence-corrected chi connectivity index (χ2v) is 12.0. The van der Waals surface area contributed by atoms with Crippen molar-refractivity contribution >= 4 is 23.4 Å². The summed E-state index contributed by atoms with van der Waals surface area (Å²) in [5, 5.41) is 26.9. The summed E-state index contributed by atoms with van der Waals surface area (Å²) < 4.78 is 12.3. The molecule has 4 aliphatic rings. The third kappa shape index (κ3) is 3.26. The number of anilines is 1. The van der Waals surface area contributed by atoms with E-state index in [2.05, 4.69) is 5.32 Å². The maximum atomic E-state index is 13.6. The lowest BCUT2D eigenvalue weighted by atomic mass is 9.59. The fourth-order valence-electron chi connectivity index (χ4n) is 8.04. The first-order chi connectivity index (χ1) is 17.7. The highest BCUT2D eigenvalue weighted by Crippen LogP contribution is 2.77. The van der Waals surface area contributed by atoms with Gasteiger partial charge in [-0.2, -0.15) is 0 Å². The Morgan fingerprint density at radius 3 is 2.37 bits per heavy atom. The Hall–Kier alpha value is -2.97. The van der Waals surface area contributed by atoms with Gasteiger partial charge in [0.15, 0.2) is 11.4 Å². The van der Waals surface area contributed by atoms with Crippen LogP contribution in [0.2, 0.25) is 0 Å². The summed E-state index contributed by atoms with van der Waals surface area (Å²) in [7, 11) is 1.71. The van der Waals surface area contributed by atoms with Crippen LogP contribution in [0.5, 0.6) is 0 Å². The molecule has 2 saturated carbocycles. The molecule has 1 aromatic rings. The molecule has 0 unspecified atom stereocenters. The van der Waals surface area contributed by atoms with Crippen molar-refractivity contribution in [2.45, 2.75) is 65.0 Å². The van der Waals surface area contributed by atoms with Crippen LogP contribution in [-0.2, 0) is 19.1 Å². The average molecular weight is 524 g/mol. The van der Waals surface area contributed by atoms with E-state index >= 15 is 0 Å². The normalized spacial score (nSPS) is 40.4. The number of fused-ring (bicyclic) bond motifs is 5. The molecule has 0 amide bonds. The number of rotatable bonds is 4. The fraction of sp³-hybridized carbons (Fsp3) is 0.567. The van der Waals surface area contributed by atoms with Gasteiger partial charge in [-0.15, -0.1) is 0 Å². The lowest BCUT2D eigenvalue weighted by molar-refractivity contribution is -0.208. The minimum Gasteiger partial charge on any atom is -0.454 e. The first-order valence-corrected chi connectivity index (χ1v) is 13.2. The summed E-state index contributed by atoms with van der Waals surface area (Å²) in [4.78, 5) is 39.3. The molecule has 1 aromatic carbocycles. The summed E-state index contributed by atoms with van der Waals surface area (Å²) in [6.45, 7) is 10.5. The molecule has 0 aliphatic heterocycles. The number of carbonyl (C=O) groups excluding carboxylic acids is 3. The number of carbonyl (C=O) groups is 3. The van der Waals surface area contributed by atoms with E-state index in [0.29, 0.717) is 22.4 Å². The number of aliphatic hydroxyl groups is 2. The third-order valence-electron chi connectivity index (χ3n) is 9.92. The smallest absolute Gasteiger partial charge is 0.340 e. The number of benzene rings is 1. The second kappa shape index (κ2) is 8.52. The Labute approximate surface area is 223 Å². The van der Waals surface area contributed by atoms with Crippen LogP contribution in [0.1, 0.15) is 51.9 Å². The molecule has 3 N–H and O–H groups in total. The standard InChI is InChI=1S/C30H37NO7/c1-14-12-19-22(23(14)33)24(34)15(2)13-20-25-28(5,6)30(25,38-17(4)32)26(16(3)29(19,20)36)37-27(35)18-10-8-9-11-21(18)31-7/h8-13,16,19-20,22,24-26,31,34,36H,1-7H3/t16-,19+,20+,22+,24-,25-,26-,29+,30-/m1/s1. The summed E-state index contributed by atoms with van der Waals surface area (Å²) >= 11 is 0. The van der Waals surface area contributed by atoms with Crippen LogP contribution in [0.15, 0.2) is 47.6 Å². The Morgan fingerprint density at radius 2 is 1.74 bits per heavy atom. The predicted octanol–water partition coefficient (Wildman–Crippen LogP) is 3.29. The first-order valence-electron chi connectivity index (χ1n) is 13.2. The van der Waals surface area contributed by atoms with Crippen molar-refractivity contribution in [3.8, 4) is 0 Å². The maximum Gasteiger partial charge on any atom is 0.340 e. The fourth-order valence-corrected chi connectivity index (χ4v) is 8.04. The van der Waals surface area contributed by atoms with E-state index in [-0.39, 0.29) is 5.78 Å². The van der Waals surface area contributed by atoms with E-state index in [1.165, 1.54) is 6.92 Å². The van der Waals surface area contributed by atoms with Gasteiger partial charge < -0.3 is 25.0 Å². The first kappa shape index (κ1) is 26.6. The van der Waals surface area contributed by atoms with Crippen LogP contribution >= 0.6 is 0 Å². The Balaban J connectivity index is 1.68. The van der Waals surface area contributed by atoms with Crippen LogP contribution in [0, 0.1) is 35.0 Å². The summed E-state index contributed by atoms with van der Waals surface area (Å²) in [6.07, 6.45) is 1.55. The summed E-state index contributed by atoms with van der Waals surface area (Å²) in [5.41, 5.74) is -1.41. The molecular formula is C30H37NO7. The van der Waals surface area contributed by atoms with E-state index in [4.69, 9.17) is 9.47 Å². The molecule has 0 aromatic heterocycles. The van der Waals surface area contributed by atoms with Gasteiger partial charge in [0.25, 0.3) is 0 Å². The molecule has 38 heavy (non-hydrogen) atoms. The maximum absolute atomic E-state index is 13.6. The zero-order valence-corrected chi connectivity index (χ0v) is 22.9. The molecule has 0 spiro atoms. The zero-order valence-electron chi connectivity index (χ0n) is 22.9. The monoisotopic (exact) mass is 523 g/mol. The van der Waals surface area contributed by atoms with Crippen molar-refractivity contribution in [1.29, 1.82) is 0 Å². The average Bonchev–Trinajstić information content (AvgIpc) is 3.20. The summed E-state index contributed by atoms with van der Waals surface area (Å²) in [6, 6.07) is 6.95. The molecule has 8 heteroatoms. The summed E-state index contributed by atoms with van der Waals surface area (Å²) in [5.74, 6) is -4.55. The van der Waals surface area contributed by atoms with Gasteiger partial charge in [-0.1, -0.05) is 45.1 Å². The molecule has 204 valence electrons. The Morgan fingerprint density at radius 1 is 1.08 bits per heavy atom. The van der Waals surface area contributed by atoms with Crippen molar-refractivity contribution in [1.82, 2.24) is 0 Å². The van der Waals surface area contributed by atoms with Crippen LogP contribution < -0.4 is 5.32 Å². The molecule has 0 saturated heterocycles. The highest BCUT2D eigenvalue weighted by molar-refractivity contribution is 6.00. The number of ether oxygens (including phenoxy) is 2. The van der Waals surface area contributed by atoms with Gasteiger partial charge in [-0.3, -0.25) is 9.59 Å². The van der Waals surface area contributed by atoms with Gasteiger partial charge in [-0.25, -0.2) is 4.79 Å². The van der Waals surface area contributed by atoms with Crippen molar-refractivity contribution < 1.29 is 34.1 Å². The SMILES string of the molecule is CNc1ccccc1C(=O)O[C@@H]1[C@@H](C)[C@]2(O)[C@H]3C=C(C)C(=O)[C@H]3[C@H](O)C(C)=C[C@H]2[C@@H]2C(C)(C)[C@]12OC(C)=O. The number of ketones is 1. The number of nitrogens with one attached hydrogen (secondary N) is 1. The number of hydrogen-bond acceptors (Lipinski definition) is 8. The van der Waals surface area contributed by atoms with E-state index < -0.39 is 70.4 Å². The van der Waals surface area contributed by atoms with Crippen molar-refractivity contribution in [2.24, 2.45) is 35.0 Å². The van der Waals surface area contributed by atoms with Crippen LogP contribution in [-0.4, -0.2) is 58.4 Å². The highest BCUT2D eigenvalue weighted by atomic mass is 16.6. The van der Waals surface area contributed by atoms with Gasteiger partial charge in [-0.05, 0) is 37.1 Å². The number of Topliss-reactive ketones (excluding diaryl/α,β-unsaturated/α-hetero) is 1. The lowest BCUT2D eigenvalue weighted by Crippen LogP contribution is -2.64. The van der Waals surface area contributed by atoms with Crippen molar-refractivity contribution in [2.75, 3.05) is 12.4 Å². The van der Waals surface area contributed by atoms with Gasteiger partial charge in [0.05, 0.1) is 23.2 Å². The quantitative estimate of drug-likeness (QED) is 0.406. The number of esters is 2. The molecule has 9 atom stereocenters. The zero-order chi connectivity index (χ0) is 27.9. The predicted molar refractivity (Wildman–Crippen MR) is 140 cm³/mol. The minimum absolute atomic E-state index is 0.195. The van der Waals surface area contributed by atoms with E-state index in [9.17, 15) is 24.6 Å². The topological polar surface area (TPSA) is 122 Å². The van der Waals surface area contributed by atoms with E-state index in [1.807, 2.05) is 19.9 Å². The van der Waals surface area contributed by atoms with Crippen LogP contribution in [0.3, 0.4) is 0 Å². The molecule has 0 bridgehead atoms. The van der Waals surface area contributed by atoms with E-state index in [0.717, 1.165) is 0 Å². The molecule has 0 heterocycles. The minimum atomic E-state index is -1.55.